The van der Waals surface area contributed by atoms with Gasteiger partial charge in [-0.25, -0.2) is 9.13 Å². The second kappa shape index (κ2) is 78.3. The number of phosphoric acid groups is 2. The molecular weight excluding hydrogens is 1380 g/mol. The monoisotopic (exact) mass is 1550 g/mol. The zero-order valence-electron chi connectivity index (χ0n) is 69.7. The lowest BCUT2D eigenvalue weighted by atomic mass is 9.99. The van der Waals surface area contributed by atoms with Crippen molar-refractivity contribution in [2.75, 3.05) is 39.6 Å². The van der Waals surface area contributed by atoms with E-state index in [1.165, 1.54) is 270 Å². The summed E-state index contributed by atoms with van der Waals surface area (Å²) >= 11 is 0. The maximum absolute atomic E-state index is 13.1. The molecule has 0 aliphatic carbocycles. The first-order valence-electron chi connectivity index (χ1n) is 45.0. The summed E-state index contributed by atoms with van der Waals surface area (Å²) < 4.78 is 68.8. The van der Waals surface area contributed by atoms with E-state index in [1.54, 1.807) is 0 Å². The Balaban J connectivity index is 5.16. The molecule has 0 rings (SSSR count). The Morgan fingerprint density at radius 3 is 0.717 bits per heavy atom. The third-order valence-electron chi connectivity index (χ3n) is 20.8. The molecule has 6 atom stereocenters. The van der Waals surface area contributed by atoms with E-state index < -0.39 is 97.5 Å². The van der Waals surface area contributed by atoms with E-state index in [0.717, 1.165) is 115 Å². The molecule has 19 heteroatoms. The molecule has 0 bridgehead atoms. The first-order valence-corrected chi connectivity index (χ1v) is 48.0. The minimum atomic E-state index is -4.96. The second-order valence-electron chi connectivity index (χ2n) is 32.0. The third-order valence-corrected chi connectivity index (χ3v) is 22.7. The van der Waals surface area contributed by atoms with E-state index in [0.29, 0.717) is 25.7 Å². The average Bonchev–Trinajstić information content (AvgIpc) is 0.903. The molecule has 17 nitrogen and oxygen atoms in total. The summed E-state index contributed by atoms with van der Waals surface area (Å²) in [6.45, 7) is 9.73. The highest BCUT2D eigenvalue weighted by Gasteiger charge is 2.30. The van der Waals surface area contributed by atoms with Gasteiger partial charge in [0.25, 0.3) is 0 Å². The van der Waals surface area contributed by atoms with Gasteiger partial charge in [-0.05, 0) is 37.5 Å². The first kappa shape index (κ1) is 104. The van der Waals surface area contributed by atoms with E-state index >= 15 is 0 Å². The number of esters is 4. The topological polar surface area (TPSA) is 237 Å². The van der Waals surface area contributed by atoms with Crippen molar-refractivity contribution in [2.45, 2.75) is 484 Å². The van der Waals surface area contributed by atoms with E-state index in [2.05, 4.69) is 41.5 Å². The van der Waals surface area contributed by atoms with E-state index in [1.807, 2.05) is 0 Å². The molecule has 0 radical (unpaired) electrons. The molecule has 0 aliphatic rings. The standard InChI is InChI=1S/C87H170O17P2/c1-7-10-12-14-16-17-18-19-20-21-22-26-31-36-41-46-52-58-64-70-85(90)98-76-83(104-87(92)72-65-59-53-47-42-37-32-27-24-23-25-30-35-40-45-51-56-62-68-80(6)9-3)78-102-106(95,96)100-74-81(88)73-99-105(93,94)101-77-82(75-97-84(89)69-63-57-49-15-13-11-8-2)103-86(91)71-66-60-54-48-43-38-33-28-29-34-39-44-50-55-61-67-79(4)5/h79-83,88H,7-78H2,1-6H3,(H,93,94)(H,95,96)/t80?,81-,82+,83+/m0/s1. The van der Waals surface area contributed by atoms with Gasteiger partial charge >= 0.3 is 39.5 Å². The summed E-state index contributed by atoms with van der Waals surface area (Å²) in [6.07, 6.45) is 71.0. The highest BCUT2D eigenvalue weighted by atomic mass is 31.2. The van der Waals surface area contributed by atoms with Crippen LogP contribution in [0.3, 0.4) is 0 Å². The van der Waals surface area contributed by atoms with Crippen molar-refractivity contribution < 1.29 is 80.2 Å². The number of aliphatic hydroxyl groups excluding tert-OH is 1. The van der Waals surface area contributed by atoms with Crippen LogP contribution in [0, 0.1) is 11.8 Å². The van der Waals surface area contributed by atoms with Crippen molar-refractivity contribution in [2.24, 2.45) is 11.8 Å². The zero-order chi connectivity index (χ0) is 77.8. The van der Waals surface area contributed by atoms with Crippen LogP contribution in [0.25, 0.3) is 0 Å². The predicted octanol–water partition coefficient (Wildman–Crippen LogP) is 26.6. The highest BCUT2D eigenvalue weighted by molar-refractivity contribution is 7.47. The summed E-state index contributed by atoms with van der Waals surface area (Å²) in [5, 5.41) is 10.7. The SMILES string of the molecule is CCCCCCCCCCCCCCCCCCCCCC(=O)OC[C@H](COP(=O)(O)OC[C@@H](O)COP(=O)(O)OC[C@@H](COC(=O)CCCCCCCCC)OC(=O)CCCCCCCCCCCCCCCCCC(C)C)OC(=O)CCCCCCCCCCCCCCCCCCCCC(C)CC. The fourth-order valence-corrected chi connectivity index (χ4v) is 15.1. The molecule has 0 aromatic heterocycles. The van der Waals surface area contributed by atoms with Crippen LogP contribution in [0.4, 0.5) is 0 Å². The number of unbranched alkanes of at least 4 members (excludes halogenated alkanes) is 55. The maximum atomic E-state index is 13.1. The van der Waals surface area contributed by atoms with Crippen LogP contribution in [0.1, 0.15) is 465 Å². The molecule has 0 heterocycles. The van der Waals surface area contributed by atoms with Crippen LogP contribution in [0.15, 0.2) is 0 Å². The van der Waals surface area contributed by atoms with E-state index in [-0.39, 0.29) is 25.7 Å². The highest BCUT2D eigenvalue weighted by Crippen LogP contribution is 2.45. The smallest absolute Gasteiger partial charge is 0.462 e. The van der Waals surface area contributed by atoms with Crippen molar-refractivity contribution in [1.29, 1.82) is 0 Å². The lowest BCUT2D eigenvalue weighted by Crippen LogP contribution is -2.30. The molecule has 0 saturated carbocycles. The van der Waals surface area contributed by atoms with E-state index in [4.69, 9.17) is 37.0 Å². The fourth-order valence-electron chi connectivity index (χ4n) is 13.6. The molecule has 0 aliphatic heterocycles. The van der Waals surface area contributed by atoms with Crippen LogP contribution in [0.2, 0.25) is 0 Å². The van der Waals surface area contributed by atoms with Gasteiger partial charge in [0.05, 0.1) is 26.4 Å². The molecular formula is C87H170O17P2. The minimum Gasteiger partial charge on any atom is -0.462 e. The Hall–Kier alpha value is -1.94. The number of ether oxygens (including phenoxy) is 4. The van der Waals surface area contributed by atoms with Crippen LogP contribution in [0.5, 0.6) is 0 Å². The lowest BCUT2D eigenvalue weighted by Gasteiger charge is -2.21. The summed E-state index contributed by atoms with van der Waals surface area (Å²) in [6, 6.07) is 0. The predicted molar refractivity (Wildman–Crippen MR) is 437 cm³/mol. The summed E-state index contributed by atoms with van der Waals surface area (Å²) in [5.41, 5.74) is 0. The van der Waals surface area contributed by atoms with Crippen LogP contribution < -0.4 is 0 Å². The fraction of sp³-hybridized carbons (Fsp3) is 0.954. The molecule has 0 aromatic carbocycles. The van der Waals surface area contributed by atoms with Gasteiger partial charge in [-0.15, -0.1) is 0 Å². The molecule has 3 N–H and O–H groups in total. The van der Waals surface area contributed by atoms with Gasteiger partial charge in [0.1, 0.15) is 19.3 Å². The van der Waals surface area contributed by atoms with Crippen molar-refractivity contribution in [3.63, 3.8) is 0 Å². The summed E-state index contributed by atoms with van der Waals surface area (Å²) in [4.78, 5) is 73.1. The molecule has 0 spiro atoms. The van der Waals surface area contributed by atoms with Crippen LogP contribution >= 0.6 is 15.6 Å². The minimum absolute atomic E-state index is 0.108. The van der Waals surface area contributed by atoms with Crippen molar-refractivity contribution >= 4 is 39.5 Å². The number of aliphatic hydroxyl groups is 1. The number of hydrogen-bond acceptors (Lipinski definition) is 15. The van der Waals surface area contributed by atoms with Gasteiger partial charge in [-0.3, -0.25) is 37.3 Å². The molecule has 3 unspecified atom stereocenters. The van der Waals surface area contributed by atoms with Crippen molar-refractivity contribution in [3.05, 3.63) is 0 Å². The van der Waals surface area contributed by atoms with Gasteiger partial charge in [0.15, 0.2) is 12.2 Å². The largest absolute Gasteiger partial charge is 0.472 e. The quantitative estimate of drug-likeness (QED) is 0.0222. The molecule has 0 amide bonds. The van der Waals surface area contributed by atoms with Crippen molar-refractivity contribution in [1.82, 2.24) is 0 Å². The molecule has 630 valence electrons. The molecule has 0 saturated heterocycles. The zero-order valence-corrected chi connectivity index (χ0v) is 71.5. The number of carbonyl (C=O) groups is 4. The van der Waals surface area contributed by atoms with Crippen LogP contribution in [-0.2, 0) is 65.4 Å². The number of carbonyl (C=O) groups excluding carboxylic acids is 4. The molecule has 106 heavy (non-hydrogen) atoms. The van der Waals surface area contributed by atoms with Gasteiger partial charge < -0.3 is 33.8 Å². The van der Waals surface area contributed by atoms with E-state index in [9.17, 15) is 43.2 Å². The Bertz CT molecular complexity index is 2030. The summed E-state index contributed by atoms with van der Waals surface area (Å²) in [7, 11) is -9.92. The number of phosphoric ester groups is 2. The normalized spacial score (nSPS) is 14.1. The van der Waals surface area contributed by atoms with Gasteiger partial charge in [-0.2, -0.15) is 0 Å². The van der Waals surface area contributed by atoms with Crippen molar-refractivity contribution in [3.8, 4) is 0 Å². The number of rotatable bonds is 86. The average molecular weight is 1550 g/mol. The van der Waals surface area contributed by atoms with Gasteiger partial charge in [-0.1, -0.05) is 414 Å². The third kappa shape index (κ3) is 78.7. The molecule has 0 aromatic rings. The van der Waals surface area contributed by atoms with Crippen LogP contribution in [-0.4, -0.2) is 96.7 Å². The Morgan fingerprint density at radius 2 is 0.481 bits per heavy atom. The Labute approximate surface area is 651 Å². The van der Waals surface area contributed by atoms with Gasteiger partial charge in [0.2, 0.25) is 0 Å². The maximum Gasteiger partial charge on any atom is 0.472 e. The Kier molecular flexibility index (Phi) is 76.9. The molecule has 0 fully saturated rings. The number of hydrogen-bond donors (Lipinski definition) is 3. The lowest BCUT2D eigenvalue weighted by molar-refractivity contribution is -0.161. The summed E-state index contributed by atoms with van der Waals surface area (Å²) in [5.74, 6) is -0.432. The first-order chi connectivity index (χ1) is 51.4. The van der Waals surface area contributed by atoms with Gasteiger partial charge in [0, 0.05) is 25.7 Å². The second-order valence-corrected chi connectivity index (χ2v) is 34.9. The Morgan fingerprint density at radius 1 is 0.274 bits per heavy atom.